The molecular formula is C17H28N2O. The number of aryl methyl sites for hydroxylation is 2. The van der Waals surface area contributed by atoms with E-state index in [-0.39, 0.29) is 0 Å². The van der Waals surface area contributed by atoms with Gasteiger partial charge in [-0.2, -0.15) is 0 Å². The predicted molar refractivity (Wildman–Crippen MR) is 84.5 cm³/mol. The van der Waals surface area contributed by atoms with Gasteiger partial charge in [-0.05, 0) is 76.6 Å². The lowest BCUT2D eigenvalue weighted by Gasteiger charge is -2.35. The Morgan fingerprint density at radius 3 is 2.45 bits per heavy atom. The molecule has 1 aliphatic rings. The normalized spacial score (nSPS) is 17.7. The minimum Gasteiger partial charge on any atom is -0.496 e. The summed E-state index contributed by atoms with van der Waals surface area (Å²) in [6, 6.07) is 5.15. The van der Waals surface area contributed by atoms with E-state index in [2.05, 4.69) is 49.9 Å². The molecule has 20 heavy (non-hydrogen) atoms. The molecular weight excluding hydrogens is 248 g/mol. The minimum atomic E-state index is 0.716. The van der Waals surface area contributed by atoms with Crippen LogP contribution in [0.1, 0.15) is 29.5 Å². The molecule has 0 atom stereocenters. The molecule has 0 unspecified atom stereocenters. The first-order chi connectivity index (χ1) is 9.51. The van der Waals surface area contributed by atoms with Gasteiger partial charge in [0.15, 0.2) is 0 Å². The molecule has 3 nitrogen and oxygen atoms in total. The van der Waals surface area contributed by atoms with Crippen molar-refractivity contribution in [2.24, 2.45) is 0 Å². The number of piperidine rings is 1. The van der Waals surface area contributed by atoms with Crippen molar-refractivity contribution in [2.75, 3.05) is 34.3 Å². The third kappa shape index (κ3) is 3.53. The third-order valence-electron chi connectivity index (χ3n) is 4.58. The molecule has 0 aromatic heterocycles. The first kappa shape index (κ1) is 15.3. The fourth-order valence-corrected chi connectivity index (χ4v) is 3.07. The Balaban J connectivity index is 2.04. The van der Waals surface area contributed by atoms with Gasteiger partial charge in [-0.3, -0.25) is 4.90 Å². The average molecular weight is 276 g/mol. The van der Waals surface area contributed by atoms with Crippen molar-refractivity contribution >= 4 is 0 Å². The number of hydrogen-bond acceptors (Lipinski definition) is 3. The summed E-state index contributed by atoms with van der Waals surface area (Å²) in [4.78, 5) is 4.94. The van der Waals surface area contributed by atoms with Crippen LogP contribution in [0.3, 0.4) is 0 Å². The van der Waals surface area contributed by atoms with Crippen LogP contribution in [-0.4, -0.2) is 50.1 Å². The molecule has 112 valence electrons. The topological polar surface area (TPSA) is 15.7 Å². The summed E-state index contributed by atoms with van der Waals surface area (Å²) >= 11 is 0. The maximum absolute atomic E-state index is 5.39. The van der Waals surface area contributed by atoms with Gasteiger partial charge in [0, 0.05) is 12.6 Å². The van der Waals surface area contributed by atoms with Gasteiger partial charge in [0.05, 0.1) is 7.11 Å². The molecule has 2 rings (SSSR count). The van der Waals surface area contributed by atoms with E-state index in [0.717, 1.165) is 12.3 Å². The summed E-state index contributed by atoms with van der Waals surface area (Å²) in [6.07, 6.45) is 2.56. The summed E-state index contributed by atoms with van der Waals surface area (Å²) in [7, 11) is 6.22. The Labute approximate surface area is 123 Å². The molecule has 1 aromatic carbocycles. The number of hydrogen-bond donors (Lipinski definition) is 0. The second-order valence-corrected chi connectivity index (χ2v) is 6.20. The molecule has 0 radical (unpaired) electrons. The number of nitrogens with zero attached hydrogens (tertiary/aromatic N) is 2. The molecule has 1 saturated heterocycles. The first-order valence-corrected chi connectivity index (χ1v) is 7.54. The molecule has 0 amide bonds. The van der Waals surface area contributed by atoms with Crippen LogP contribution in [0.15, 0.2) is 12.1 Å². The van der Waals surface area contributed by atoms with E-state index in [9.17, 15) is 0 Å². The second-order valence-electron chi connectivity index (χ2n) is 6.20. The number of benzene rings is 1. The van der Waals surface area contributed by atoms with E-state index in [0.29, 0.717) is 6.04 Å². The van der Waals surface area contributed by atoms with Gasteiger partial charge in [-0.25, -0.2) is 0 Å². The molecule has 0 saturated carbocycles. The van der Waals surface area contributed by atoms with Crippen LogP contribution in [-0.2, 0) is 6.54 Å². The van der Waals surface area contributed by atoms with Crippen LogP contribution in [0, 0.1) is 13.8 Å². The monoisotopic (exact) mass is 276 g/mol. The van der Waals surface area contributed by atoms with Crippen molar-refractivity contribution in [3.63, 3.8) is 0 Å². The van der Waals surface area contributed by atoms with Crippen molar-refractivity contribution in [3.05, 3.63) is 28.8 Å². The lowest BCUT2D eigenvalue weighted by molar-refractivity contribution is 0.139. The zero-order valence-electron chi connectivity index (χ0n) is 13.6. The van der Waals surface area contributed by atoms with E-state index in [1.54, 1.807) is 7.11 Å². The van der Waals surface area contributed by atoms with Gasteiger partial charge in [0.1, 0.15) is 5.75 Å². The van der Waals surface area contributed by atoms with Crippen molar-refractivity contribution in [1.82, 2.24) is 9.80 Å². The zero-order valence-corrected chi connectivity index (χ0v) is 13.6. The van der Waals surface area contributed by atoms with Gasteiger partial charge in [-0.1, -0.05) is 6.07 Å². The van der Waals surface area contributed by atoms with E-state index in [1.165, 1.54) is 42.6 Å². The molecule has 1 aromatic rings. The highest BCUT2D eigenvalue weighted by atomic mass is 16.5. The first-order valence-electron chi connectivity index (χ1n) is 7.54. The van der Waals surface area contributed by atoms with Crippen molar-refractivity contribution in [1.29, 1.82) is 0 Å². The van der Waals surface area contributed by atoms with Crippen LogP contribution in [0.2, 0.25) is 0 Å². The molecule has 0 bridgehead atoms. The quantitative estimate of drug-likeness (QED) is 0.841. The van der Waals surface area contributed by atoms with Gasteiger partial charge < -0.3 is 9.64 Å². The summed E-state index contributed by atoms with van der Waals surface area (Å²) in [5.74, 6) is 0.994. The van der Waals surface area contributed by atoms with E-state index in [1.807, 2.05) is 0 Å². The summed E-state index contributed by atoms with van der Waals surface area (Å²) in [6.45, 7) is 7.77. The predicted octanol–water partition coefficient (Wildman–Crippen LogP) is 2.84. The maximum Gasteiger partial charge on any atom is 0.122 e. The fourth-order valence-electron chi connectivity index (χ4n) is 3.07. The number of ether oxygens (including phenoxy) is 1. The van der Waals surface area contributed by atoms with Gasteiger partial charge in [0.2, 0.25) is 0 Å². The van der Waals surface area contributed by atoms with E-state index in [4.69, 9.17) is 4.74 Å². The molecule has 0 aliphatic carbocycles. The van der Waals surface area contributed by atoms with E-state index >= 15 is 0 Å². The number of likely N-dealkylation sites (tertiary alicyclic amines) is 1. The molecule has 1 heterocycles. The molecule has 3 heteroatoms. The molecule has 1 aliphatic heterocycles. The summed E-state index contributed by atoms with van der Waals surface area (Å²) in [5.41, 5.74) is 3.97. The Bertz CT molecular complexity index is 451. The zero-order chi connectivity index (χ0) is 14.7. The van der Waals surface area contributed by atoms with Crippen LogP contribution in [0.25, 0.3) is 0 Å². The Morgan fingerprint density at radius 2 is 1.85 bits per heavy atom. The SMILES string of the molecule is COc1cc(C)c(CN(C)C2CCN(C)CC2)cc1C. The fraction of sp³-hybridized carbons (Fsp3) is 0.647. The minimum absolute atomic E-state index is 0.716. The molecule has 0 spiro atoms. The largest absolute Gasteiger partial charge is 0.496 e. The second kappa shape index (κ2) is 6.59. The highest BCUT2D eigenvalue weighted by Crippen LogP contribution is 2.24. The van der Waals surface area contributed by atoms with Gasteiger partial charge in [0.25, 0.3) is 0 Å². The lowest BCUT2D eigenvalue weighted by atomic mass is 10.0. The highest BCUT2D eigenvalue weighted by Gasteiger charge is 2.21. The maximum atomic E-state index is 5.39. The van der Waals surface area contributed by atoms with Crippen molar-refractivity contribution < 1.29 is 4.74 Å². The Hall–Kier alpha value is -1.06. The third-order valence-corrected chi connectivity index (χ3v) is 4.58. The highest BCUT2D eigenvalue weighted by molar-refractivity contribution is 5.41. The lowest BCUT2D eigenvalue weighted by Crippen LogP contribution is -2.41. The van der Waals surface area contributed by atoms with Crippen LogP contribution >= 0.6 is 0 Å². The summed E-state index contributed by atoms with van der Waals surface area (Å²) < 4.78 is 5.39. The van der Waals surface area contributed by atoms with Gasteiger partial charge in [-0.15, -0.1) is 0 Å². The smallest absolute Gasteiger partial charge is 0.122 e. The van der Waals surface area contributed by atoms with Crippen LogP contribution in [0.5, 0.6) is 5.75 Å². The van der Waals surface area contributed by atoms with Gasteiger partial charge >= 0.3 is 0 Å². The average Bonchev–Trinajstić information content (AvgIpc) is 2.43. The Kier molecular flexibility index (Phi) is 5.06. The van der Waals surface area contributed by atoms with E-state index < -0.39 is 0 Å². The Morgan fingerprint density at radius 1 is 1.20 bits per heavy atom. The van der Waals surface area contributed by atoms with Crippen molar-refractivity contribution in [3.8, 4) is 5.75 Å². The number of methoxy groups -OCH3 is 1. The standard InChI is InChI=1S/C17H28N2O/c1-13-11-17(20-5)14(2)10-15(13)12-19(4)16-6-8-18(3)9-7-16/h10-11,16H,6-9,12H2,1-5H3. The van der Waals surface area contributed by atoms with Crippen LogP contribution in [0.4, 0.5) is 0 Å². The molecule has 1 fully saturated rings. The number of rotatable bonds is 4. The van der Waals surface area contributed by atoms with Crippen LogP contribution < -0.4 is 4.74 Å². The van der Waals surface area contributed by atoms with Crippen molar-refractivity contribution in [2.45, 2.75) is 39.3 Å². The molecule has 0 N–H and O–H groups in total. The summed E-state index contributed by atoms with van der Waals surface area (Å²) in [5, 5.41) is 0.